The van der Waals surface area contributed by atoms with Crippen LogP contribution < -0.4 is 5.32 Å². The number of amides is 2. The van der Waals surface area contributed by atoms with E-state index >= 15 is 0 Å². The zero-order valence-corrected chi connectivity index (χ0v) is 10.8. The maximum Gasteiger partial charge on any atom is 0.362 e. The number of nitrogens with one attached hydrogen (secondary N) is 1. The SMILES string of the molecule is CON=C(C)C(=O)NC1C(=O)N(S(=O)(=O)O)C1C. The summed E-state index contributed by atoms with van der Waals surface area (Å²) in [6, 6.07) is -1.87. The molecule has 0 aromatic rings. The Balaban J connectivity index is 2.71. The molecular weight excluding hydrogens is 266 g/mol. The summed E-state index contributed by atoms with van der Waals surface area (Å²) in [5.41, 5.74) is -0.0113. The van der Waals surface area contributed by atoms with Gasteiger partial charge in [0, 0.05) is 0 Å². The molecule has 2 N–H and O–H groups in total. The third-order valence-corrected chi connectivity index (χ3v) is 3.44. The van der Waals surface area contributed by atoms with E-state index in [0.717, 1.165) is 0 Å². The summed E-state index contributed by atoms with van der Waals surface area (Å²) in [5, 5.41) is 5.65. The summed E-state index contributed by atoms with van der Waals surface area (Å²) in [4.78, 5) is 27.3. The van der Waals surface area contributed by atoms with E-state index in [1.807, 2.05) is 0 Å². The predicted octanol–water partition coefficient (Wildman–Crippen LogP) is -1.47. The Labute approximate surface area is 104 Å². The molecule has 2 unspecified atom stereocenters. The van der Waals surface area contributed by atoms with Crippen molar-refractivity contribution in [3.05, 3.63) is 0 Å². The molecule has 10 heteroatoms. The Hall–Kier alpha value is -1.68. The van der Waals surface area contributed by atoms with Crippen LogP contribution in [0, 0.1) is 0 Å². The summed E-state index contributed by atoms with van der Waals surface area (Å²) >= 11 is 0. The Morgan fingerprint density at radius 2 is 2.11 bits per heavy atom. The Morgan fingerprint density at radius 1 is 1.56 bits per heavy atom. The fourth-order valence-electron chi connectivity index (χ4n) is 1.53. The van der Waals surface area contributed by atoms with Gasteiger partial charge in [-0.25, -0.2) is 4.31 Å². The summed E-state index contributed by atoms with van der Waals surface area (Å²) in [5.74, 6) is -1.55. The first-order chi connectivity index (χ1) is 8.20. The van der Waals surface area contributed by atoms with Gasteiger partial charge in [0.1, 0.15) is 18.9 Å². The van der Waals surface area contributed by atoms with Crippen LogP contribution in [0.1, 0.15) is 13.8 Å². The Kier molecular flexibility index (Phi) is 3.92. The van der Waals surface area contributed by atoms with Crippen LogP contribution in [0.5, 0.6) is 0 Å². The van der Waals surface area contributed by atoms with E-state index in [0.29, 0.717) is 4.31 Å². The monoisotopic (exact) mass is 279 g/mol. The normalized spacial score (nSPS) is 24.6. The average molecular weight is 279 g/mol. The number of carbonyl (C=O) groups is 2. The number of oxime groups is 1. The van der Waals surface area contributed by atoms with Gasteiger partial charge in [0.05, 0.1) is 6.04 Å². The number of hydrogen-bond donors (Lipinski definition) is 2. The number of nitrogens with zero attached hydrogens (tertiary/aromatic N) is 2. The van der Waals surface area contributed by atoms with Gasteiger partial charge in [-0.05, 0) is 13.8 Å². The highest BCUT2D eigenvalue weighted by molar-refractivity contribution is 7.84. The van der Waals surface area contributed by atoms with Crippen molar-refractivity contribution in [2.45, 2.75) is 25.9 Å². The van der Waals surface area contributed by atoms with E-state index in [1.165, 1.54) is 21.0 Å². The minimum absolute atomic E-state index is 0.0113. The number of hydrogen-bond acceptors (Lipinski definition) is 6. The van der Waals surface area contributed by atoms with Crippen molar-refractivity contribution in [1.29, 1.82) is 0 Å². The predicted molar refractivity (Wildman–Crippen MR) is 59.9 cm³/mol. The molecule has 1 aliphatic heterocycles. The van der Waals surface area contributed by atoms with Gasteiger partial charge in [-0.3, -0.25) is 14.1 Å². The van der Waals surface area contributed by atoms with Crippen molar-refractivity contribution in [2.24, 2.45) is 5.16 Å². The lowest BCUT2D eigenvalue weighted by atomic mass is 10.0. The minimum Gasteiger partial charge on any atom is -0.399 e. The number of carbonyl (C=O) groups excluding carboxylic acids is 2. The topological polar surface area (TPSA) is 125 Å². The largest absolute Gasteiger partial charge is 0.399 e. The molecule has 9 nitrogen and oxygen atoms in total. The molecule has 0 radical (unpaired) electrons. The fraction of sp³-hybridized carbons (Fsp3) is 0.625. The van der Waals surface area contributed by atoms with Crippen LogP contribution in [0.15, 0.2) is 5.16 Å². The first-order valence-electron chi connectivity index (χ1n) is 4.89. The quantitative estimate of drug-likeness (QED) is 0.280. The first-order valence-corrected chi connectivity index (χ1v) is 6.29. The zero-order chi connectivity index (χ0) is 14.1. The molecule has 0 bridgehead atoms. The van der Waals surface area contributed by atoms with Gasteiger partial charge in [-0.15, -0.1) is 0 Å². The highest BCUT2D eigenvalue weighted by Crippen LogP contribution is 2.22. The van der Waals surface area contributed by atoms with Crippen LogP contribution in [0.3, 0.4) is 0 Å². The van der Waals surface area contributed by atoms with Gasteiger partial charge in [-0.2, -0.15) is 8.42 Å². The summed E-state index contributed by atoms with van der Waals surface area (Å²) < 4.78 is 30.6. The van der Waals surface area contributed by atoms with E-state index in [9.17, 15) is 18.0 Å². The second-order valence-electron chi connectivity index (χ2n) is 3.66. The molecule has 2 atom stereocenters. The molecule has 0 spiro atoms. The molecule has 0 saturated carbocycles. The molecule has 1 rings (SSSR count). The van der Waals surface area contributed by atoms with Gasteiger partial charge < -0.3 is 10.2 Å². The molecule has 1 fully saturated rings. The van der Waals surface area contributed by atoms with Gasteiger partial charge in [0.15, 0.2) is 0 Å². The molecular formula is C8H13N3O6S. The van der Waals surface area contributed by atoms with Crippen molar-refractivity contribution in [2.75, 3.05) is 7.11 Å². The molecule has 0 aliphatic carbocycles. The molecule has 1 aliphatic rings. The Bertz CT molecular complexity index is 499. The van der Waals surface area contributed by atoms with Crippen LogP contribution in [0.4, 0.5) is 0 Å². The molecule has 1 saturated heterocycles. The lowest BCUT2D eigenvalue weighted by Crippen LogP contribution is -2.71. The van der Waals surface area contributed by atoms with E-state index in [2.05, 4.69) is 15.3 Å². The molecule has 0 aromatic carbocycles. The zero-order valence-electron chi connectivity index (χ0n) is 9.95. The summed E-state index contributed by atoms with van der Waals surface area (Å²) in [6.45, 7) is 2.75. The standard InChI is InChI=1S/C8H13N3O6S/c1-4(10-17-3)7(12)9-6-5(2)11(8(6)13)18(14,15)16/h5-6H,1-3H3,(H,9,12)(H,14,15,16). The second-order valence-corrected chi connectivity index (χ2v) is 4.95. The lowest BCUT2D eigenvalue weighted by Gasteiger charge is -2.42. The van der Waals surface area contributed by atoms with E-state index in [-0.39, 0.29) is 5.71 Å². The maximum atomic E-state index is 11.5. The van der Waals surface area contributed by atoms with Crippen molar-refractivity contribution in [3.8, 4) is 0 Å². The Morgan fingerprint density at radius 3 is 2.50 bits per heavy atom. The van der Waals surface area contributed by atoms with E-state index in [4.69, 9.17) is 4.55 Å². The molecule has 0 aromatic heterocycles. The van der Waals surface area contributed by atoms with Crippen molar-refractivity contribution in [1.82, 2.24) is 9.62 Å². The van der Waals surface area contributed by atoms with Gasteiger partial charge in [-0.1, -0.05) is 5.16 Å². The molecule has 2 amide bonds. The molecule has 18 heavy (non-hydrogen) atoms. The van der Waals surface area contributed by atoms with Crippen LogP contribution in [0.25, 0.3) is 0 Å². The van der Waals surface area contributed by atoms with Gasteiger partial charge in [0.25, 0.3) is 11.8 Å². The van der Waals surface area contributed by atoms with Crippen LogP contribution in [-0.2, 0) is 24.7 Å². The third-order valence-electron chi connectivity index (χ3n) is 2.43. The van der Waals surface area contributed by atoms with Crippen LogP contribution in [-0.4, -0.2) is 54.0 Å². The van der Waals surface area contributed by atoms with Crippen LogP contribution >= 0.6 is 0 Å². The van der Waals surface area contributed by atoms with Crippen molar-refractivity contribution >= 4 is 27.8 Å². The van der Waals surface area contributed by atoms with Crippen molar-refractivity contribution < 1.29 is 27.4 Å². The summed E-state index contributed by atoms with van der Waals surface area (Å²) in [6.07, 6.45) is 0. The maximum absolute atomic E-state index is 11.5. The highest BCUT2D eigenvalue weighted by Gasteiger charge is 2.51. The first kappa shape index (κ1) is 14.4. The molecule has 1 heterocycles. The number of rotatable bonds is 4. The number of β-lactam (4-membered cyclic amide) rings is 1. The van der Waals surface area contributed by atoms with Gasteiger partial charge in [0.2, 0.25) is 0 Å². The van der Waals surface area contributed by atoms with E-state index < -0.39 is 34.2 Å². The van der Waals surface area contributed by atoms with Crippen molar-refractivity contribution in [3.63, 3.8) is 0 Å². The lowest BCUT2D eigenvalue weighted by molar-refractivity contribution is -0.143. The van der Waals surface area contributed by atoms with Gasteiger partial charge >= 0.3 is 10.3 Å². The van der Waals surface area contributed by atoms with E-state index in [1.54, 1.807) is 0 Å². The van der Waals surface area contributed by atoms with Crippen LogP contribution in [0.2, 0.25) is 0 Å². The summed E-state index contributed by atoms with van der Waals surface area (Å²) in [7, 11) is -3.33. The second kappa shape index (κ2) is 4.90. The fourth-order valence-corrected chi connectivity index (χ4v) is 2.41. The molecule has 102 valence electrons. The smallest absolute Gasteiger partial charge is 0.362 e. The third kappa shape index (κ3) is 2.59. The minimum atomic E-state index is -4.59. The average Bonchev–Trinajstić information content (AvgIpc) is 2.24. The highest BCUT2D eigenvalue weighted by atomic mass is 32.2.